The first-order chi connectivity index (χ1) is 11.2. The largest absolute Gasteiger partial charge is 0.544 e. The molecule has 1 aromatic heterocycles. The van der Waals surface area contributed by atoms with Crippen LogP contribution in [0.3, 0.4) is 0 Å². The average molecular weight is 342 g/mol. The van der Waals surface area contributed by atoms with E-state index in [0.717, 1.165) is 22.2 Å². The van der Waals surface area contributed by atoms with Crippen LogP contribution in [-0.4, -0.2) is 17.2 Å². The predicted molar refractivity (Wildman–Crippen MR) is 91.1 cm³/mol. The van der Waals surface area contributed by atoms with Gasteiger partial charge in [0.1, 0.15) is 5.52 Å². The second-order valence-corrected chi connectivity index (χ2v) is 6.49. The Morgan fingerprint density at radius 3 is 2.57 bits per heavy atom. The molecule has 0 atom stereocenters. The van der Waals surface area contributed by atoms with E-state index in [1.807, 2.05) is 48.7 Å². The van der Waals surface area contributed by atoms with Crippen LogP contribution in [0.25, 0.3) is 17.2 Å². The van der Waals surface area contributed by atoms with Crippen molar-refractivity contribution in [2.45, 2.75) is 10.1 Å². The van der Waals surface area contributed by atoms with Crippen LogP contribution < -0.4 is 5.11 Å². The van der Waals surface area contributed by atoms with E-state index >= 15 is 0 Å². The van der Waals surface area contributed by atoms with Gasteiger partial charge in [-0.15, -0.1) is 11.8 Å². The molecule has 1 heterocycles. The Hall–Kier alpha value is -2.18. The van der Waals surface area contributed by atoms with Crippen molar-refractivity contribution in [1.82, 2.24) is 4.98 Å². The van der Waals surface area contributed by atoms with Crippen molar-refractivity contribution >= 4 is 46.7 Å². The normalized spacial score (nSPS) is 11.8. The molecule has 3 aromatic rings. The smallest absolute Gasteiger partial charge is 0.261 e. The number of aliphatic carboxylic acids is 1. The second kappa shape index (κ2) is 6.93. The fourth-order valence-corrected chi connectivity index (χ4v) is 3.12. The number of nitrogens with zero attached hydrogens (tertiary/aromatic N) is 1. The third-order valence-corrected chi connectivity index (χ3v) is 4.68. The number of thioether (sulfide) groups is 2. The molecule has 0 N–H and O–H groups in total. The minimum absolute atomic E-state index is 0.0495. The molecule has 0 aliphatic rings. The lowest BCUT2D eigenvalue weighted by Gasteiger charge is -2.06. The Morgan fingerprint density at radius 1 is 1.17 bits per heavy atom. The van der Waals surface area contributed by atoms with Gasteiger partial charge < -0.3 is 14.3 Å². The molecule has 0 spiro atoms. The van der Waals surface area contributed by atoms with Crippen molar-refractivity contribution < 1.29 is 14.3 Å². The van der Waals surface area contributed by atoms with E-state index in [1.165, 1.54) is 0 Å². The number of oxazole rings is 1. The maximum Gasteiger partial charge on any atom is 0.261 e. The maximum atomic E-state index is 11.4. The number of rotatable bonds is 5. The summed E-state index contributed by atoms with van der Waals surface area (Å²) in [6.07, 6.45) is 3.54. The summed E-state index contributed by atoms with van der Waals surface area (Å²) in [6, 6.07) is 14.9. The van der Waals surface area contributed by atoms with E-state index in [9.17, 15) is 9.90 Å². The molecule has 0 aliphatic carbocycles. The summed E-state index contributed by atoms with van der Waals surface area (Å²) in [5.41, 5.74) is 2.10. The SMILES string of the molecule is CSc1ccc(/C=C(/Sc2nc3ccccc3o2)C(=O)[O-])cc1. The summed E-state index contributed by atoms with van der Waals surface area (Å²) >= 11 is 2.57. The van der Waals surface area contributed by atoms with Crippen LogP contribution in [0.15, 0.2) is 68.0 Å². The minimum atomic E-state index is -1.26. The number of hydrogen-bond donors (Lipinski definition) is 0. The average Bonchev–Trinajstić information content (AvgIpc) is 2.97. The van der Waals surface area contributed by atoms with E-state index in [0.29, 0.717) is 11.1 Å². The highest BCUT2D eigenvalue weighted by Gasteiger charge is 2.10. The number of carboxylic acids is 1. The van der Waals surface area contributed by atoms with Gasteiger partial charge in [0.05, 0.1) is 5.97 Å². The monoisotopic (exact) mass is 342 g/mol. The molecular weight excluding hydrogens is 330 g/mol. The molecule has 0 saturated heterocycles. The van der Waals surface area contributed by atoms with Gasteiger partial charge in [0, 0.05) is 9.80 Å². The summed E-state index contributed by atoms with van der Waals surface area (Å²) in [5.74, 6) is -1.26. The van der Waals surface area contributed by atoms with E-state index in [4.69, 9.17) is 4.42 Å². The van der Waals surface area contributed by atoms with Crippen molar-refractivity contribution in [3.63, 3.8) is 0 Å². The number of aromatic nitrogens is 1. The summed E-state index contributed by atoms with van der Waals surface area (Å²) in [7, 11) is 0. The summed E-state index contributed by atoms with van der Waals surface area (Å²) in [4.78, 5) is 16.8. The number of carbonyl (C=O) groups excluding carboxylic acids is 1. The summed E-state index contributed by atoms with van der Waals surface area (Å²) in [6.45, 7) is 0. The van der Waals surface area contributed by atoms with E-state index in [-0.39, 0.29) is 10.1 Å². The van der Waals surface area contributed by atoms with Crippen molar-refractivity contribution in [3.05, 3.63) is 59.0 Å². The molecule has 0 aliphatic heterocycles. The molecule has 0 radical (unpaired) electrons. The lowest BCUT2D eigenvalue weighted by Crippen LogP contribution is -2.22. The van der Waals surface area contributed by atoms with Crippen LogP contribution in [-0.2, 0) is 4.79 Å². The topological polar surface area (TPSA) is 66.2 Å². The van der Waals surface area contributed by atoms with Crippen molar-refractivity contribution in [2.24, 2.45) is 0 Å². The van der Waals surface area contributed by atoms with Crippen LogP contribution in [0.5, 0.6) is 0 Å². The van der Waals surface area contributed by atoms with Gasteiger partial charge in [-0.3, -0.25) is 0 Å². The van der Waals surface area contributed by atoms with Gasteiger partial charge in [-0.25, -0.2) is 4.98 Å². The van der Waals surface area contributed by atoms with Gasteiger partial charge in [-0.2, -0.15) is 0 Å². The number of benzene rings is 2. The Balaban J connectivity index is 1.88. The Labute approximate surface area is 141 Å². The van der Waals surface area contributed by atoms with Crippen LogP contribution in [0.1, 0.15) is 5.56 Å². The van der Waals surface area contributed by atoms with Gasteiger partial charge >= 0.3 is 0 Å². The van der Waals surface area contributed by atoms with Crippen LogP contribution in [0, 0.1) is 0 Å². The Kier molecular flexibility index (Phi) is 4.73. The first-order valence-electron chi connectivity index (χ1n) is 6.76. The highest BCUT2D eigenvalue weighted by atomic mass is 32.2. The molecule has 0 bridgehead atoms. The highest BCUT2D eigenvalue weighted by Crippen LogP contribution is 2.30. The zero-order valence-corrected chi connectivity index (χ0v) is 13.8. The van der Waals surface area contributed by atoms with Crippen molar-refractivity contribution in [1.29, 1.82) is 0 Å². The lowest BCUT2D eigenvalue weighted by atomic mass is 10.2. The van der Waals surface area contributed by atoms with Gasteiger partial charge in [0.25, 0.3) is 5.22 Å². The summed E-state index contributed by atoms with van der Waals surface area (Å²) in [5, 5.41) is 11.7. The van der Waals surface area contributed by atoms with Crippen LogP contribution in [0.4, 0.5) is 0 Å². The van der Waals surface area contributed by atoms with E-state index in [1.54, 1.807) is 23.9 Å². The number of carbonyl (C=O) groups is 1. The molecule has 3 rings (SSSR count). The molecular formula is C17H12NO3S2-. The predicted octanol–water partition coefficient (Wildman–Crippen LogP) is 3.43. The van der Waals surface area contributed by atoms with Gasteiger partial charge in [-0.05, 0) is 53.9 Å². The van der Waals surface area contributed by atoms with Gasteiger partial charge in [0.15, 0.2) is 5.58 Å². The standard InChI is InChI=1S/C17H13NO3S2/c1-22-12-8-6-11(7-9-12)10-15(16(19)20)23-17-18-13-4-2-3-5-14(13)21-17/h2-10H,1H3,(H,19,20)/p-1/b15-10+. The molecule has 0 amide bonds. The van der Waals surface area contributed by atoms with Crippen LogP contribution in [0.2, 0.25) is 0 Å². The van der Waals surface area contributed by atoms with Crippen molar-refractivity contribution in [2.75, 3.05) is 6.26 Å². The molecule has 6 heteroatoms. The molecule has 23 heavy (non-hydrogen) atoms. The lowest BCUT2D eigenvalue weighted by molar-refractivity contribution is -0.298. The van der Waals surface area contributed by atoms with E-state index < -0.39 is 5.97 Å². The van der Waals surface area contributed by atoms with Gasteiger partial charge in [-0.1, -0.05) is 24.3 Å². The molecule has 0 fully saturated rings. The molecule has 116 valence electrons. The number of hydrogen-bond acceptors (Lipinski definition) is 6. The first kappa shape index (κ1) is 15.7. The quantitative estimate of drug-likeness (QED) is 0.523. The minimum Gasteiger partial charge on any atom is -0.544 e. The zero-order chi connectivity index (χ0) is 16.2. The Morgan fingerprint density at radius 2 is 1.91 bits per heavy atom. The number of fused-ring (bicyclic) bond motifs is 1. The maximum absolute atomic E-state index is 11.4. The fourth-order valence-electron chi connectivity index (χ4n) is 1.97. The van der Waals surface area contributed by atoms with Crippen molar-refractivity contribution in [3.8, 4) is 0 Å². The Bertz CT molecular complexity index is 836. The fraction of sp³-hybridized carbons (Fsp3) is 0.0588. The van der Waals surface area contributed by atoms with E-state index in [2.05, 4.69) is 4.98 Å². The second-order valence-electron chi connectivity index (χ2n) is 4.62. The third-order valence-electron chi connectivity index (χ3n) is 3.09. The molecule has 0 unspecified atom stereocenters. The van der Waals surface area contributed by atoms with Gasteiger partial charge in [0.2, 0.25) is 0 Å². The molecule has 2 aromatic carbocycles. The van der Waals surface area contributed by atoms with Crippen LogP contribution >= 0.6 is 23.5 Å². The molecule has 0 saturated carbocycles. The third kappa shape index (κ3) is 3.78. The molecule has 4 nitrogen and oxygen atoms in total. The first-order valence-corrected chi connectivity index (χ1v) is 8.80. The highest BCUT2D eigenvalue weighted by molar-refractivity contribution is 8.03. The number of para-hydroxylation sites is 2. The number of carboxylic acid groups (broad SMARTS) is 1. The summed E-state index contributed by atoms with van der Waals surface area (Å²) < 4.78 is 5.54. The zero-order valence-electron chi connectivity index (χ0n) is 12.2.